The molecule has 1 aliphatic rings. The minimum atomic E-state index is -2.24. The number of aromatic nitrogens is 2. The highest BCUT2D eigenvalue weighted by Crippen LogP contribution is 2.59. The lowest BCUT2D eigenvalue weighted by atomic mass is 9.52. The molecule has 3 heterocycles. The van der Waals surface area contributed by atoms with Crippen LogP contribution in [0.4, 0.5) is 0 Å². The van der Waals surface area contributed by atoms with Crippen molar-refractivity contribution in [3.8, 4) is 11.3 Å². The van der Waals surface area contributed by atoms with Crippen LogP contribution < -0.4 is 0 Å². The lowest BCUT2D eigenvalue weighted by Gasteiger charge is -2.51. The fourth-order valence-electron chi connectivity index (χ4n) is 6.10. The molecule has 6 rings (SSSR count). The Kier molecular flexibility index (Phi) is 3.29. The van der Waals surface area contributed by atoms with Crippen LogP contribution in [0.1, 0.15) is 62.5 Å². The average molecular weight is 436 g/mol. The van der Waals surface area contributed by atoms with E-state index in [1.54, 1.807) is 0 Å². The molecular weight excluding hydrogens is 400 g/mol. The molecule has 1 aliphatic heterocycles. The molecule has 0 saturated heterocycles. The first kappa shape index (κ1) is 17.4. The summed E-state index contributed by atoms with van der Waals surface area (Å²) in [6.45, 7) is 11.7. The smallest absolute Gasteiger partial charge is 0.146 e. The third-order valence-corrected chi connectivity index (χ3v) is 9.15. The second-order valence-electron chi connectivity index (χ2n) is 11.1. The van der Waals surface area contributed by atoms with Gasteiger partial charge in [0.25, 0.3) is 0 Å². The maximum absolute atomic E-state index is 8.44. The first-order chi connectivity index (χ1) is 16.8. The van der Waals surface area contributed by atoms with E-state index in [0.717, 1.165) is 49.8 Å². The number of aryl methyl sites for hydroxylation is 1. The largest absolute Gasteiger partial charge is 0.295 e. The van der Waals surface area contributed by atoms with E-state index in [9.17, 15) is 0 Å². The zero-order valence-electron chi connectivity index (χ0n) is 23.2. The van der Waals surface area contributed by atoms with Crippen molar-refractivity contribution in [2.45, 2.75) is 59.2 Å². The summed E-state index contributed by atoms with van der Waals surface area (Å²) in [6, 6.07) is 22.4. The molecule has 5 aromatic rings. The van der Waals surface area contributed by atoms with E-state index in [1.165, 1.54) is 0 Å². The summed E-state index contributed by atoms with van der Waals surface area (Å²) in [5.41, 5.74) is 5.85. The van der Waals surface area contributed by atoms with Gasteiger partial charge in [-0.15, -0.1) is 0 Å². The Morgan fingerprint density at radius 3 is 2.12 bits per heavy atom. The third-order valence-electron chi connectivity index (χ3n) is 9.15. The van der Waals surface area contributed by atoms with Gasteiger partial charge in [-0.05, 0) is 34.2 Å². The van der Waals surface area contributed by atoms with Crippen LogP contribution in [0.15, 0.2) is 66.7 Å². The van der Waals surface area contributed by atoms with Crippen molar-refractivity contribution in [1.29, 1.82) is 0 Å². The fourth-order valence-corrected chi connectivity index (χ4v) is 6.10. The molecule has 0 N–H and O–H groups in total. The summed E-state index contributed by atoms with van der Waals surface area (Å²) in [4.78, 5) is 5.33. The number of hydrogen-bond donors (Lipinski definition) is 0. The molecule has 0 aliphatic carbocycles. The van der Waals surface area contributed by atoms with Gasteiger partial charge in [-0.25, -0.2) is 4.98 Å². The molecular formula is C31H32N2. The Morgan fingerprint density at radius 1 is 0.758 bits per heavy atom. The van der Waals surface area contributed by atoms with E-state index in [2.05, 4.69) is 88.4 Å². The van der Waals surface area contributed by atoms with Gasteiger partial charge in [0.15, 0.2) is 0 Å². The molecule has 0 saturated carbocycles. The normalized spacial score (nSPS) is 20.0. The van der Waals surface area contributed by atoms with Gasteiger partial charge >= 0.3 is 0 Å². The third kappa shape index (κ3) is 2.32. The molecule has 0 atom stereocenters. The number of fused-ring (bicyclic) bond motifs is 3. The van der Waals surface area contributed by atoms with Crippen LogP contribution in [-0.2, 0) is 10.8 Å². The van der Waals surface area contributed by atoms with Crippen LogP contribution in [0.3, 0.4) is 0 Å². The molecule has 2 aromatic heterocycles. The van der Waals surface area contributed by atoms with E-state index in [-0.39, 0.29) is 16.2 Å². The van der Waals surface area contributed by atoms with Crippen LogP contribution in [-0.4, -0.2) is 9.38 Å². The fraction of sp³-hybridized carbons (Fsp3) is 0.323. The molecule has 0 amide bonds. The first-order valence-corrected chi connectivity index (χ1v) is 11.8. The topological polar surface area (TPSA) is 17.3 Å². The molecule has 0 unspecified atom stereocenters. The van der Waals surface area contributed by atoms with Gasteiger partial charge < -0.3 is 0 Å². The summed E-state index contributed by atoms with van der Waals surface area (Å²) in [5.74, 6) is 0. The summed E-state index contributed by atoms with van der Waals surface area (Å²) >= 11 is 0. The second-order valence-corrected chi connectivity index (χ2v) is 11.1. The van der Waals surface area contributed by atoms with Crippen LogP contribution in [0.25, 0.3) is 38.6 Å². The van der Waals surface area contributed by atoms with Crippen LogP contribution in [0.5, 0.6) is 0 Å². The van der Waals surface area contributed by atoms with E-state index in [4.69, 9.17) is 9.10 Å². The number of imidazole rings is 1. The van der Waals surface area contributed by atoms with E-state index >= 15 is 0 Å². The Morgan fingerprint density at radius 2 is 1.42 bits per heavy atom. The van der Waals surface area contributed by atoms with Crippen molar-refractivity contribution in [2.75, 3.05) is 0 Å². The summed E-state index contributed by atoms with van der Waals surface area (Å²) in [5, 5.41) is 2.73. The lowest BCUT2D eigenvalue weighted by molar-refractivity contribution is 0.0928. The highest BCUT2D eigenvalue weighted by Gasteiger charge is 2.54. The van der Waals surface area contributed by atoms with Crippen LogP contribution in [0, 0.1) is 12.3 Å². The quantitative estimate of drug-likeness (QED) is 0.242. The van der Waals surface area contributed by atoms with Gasteiger partial charge in [0.05, 0.1) is 16.9 Å². The molecule has 0 bridgehead atoms. The number of pyridine rings is 1. The SMILES string of the molecule is [2H]C([2H])([2H])c1ccc2c3c1c1ccccc1c1nc(-c4ccccc4)c(n13)C(C)(C)C(C)(C)C2(C)C. The highest BCUT2D eigenvalue weighted by molar-refractivity contribution is 6.14. The van der Waals surface area contributed by atoms with Crippen molar-refractivity contribution in [2.24, 2.45) is 5.41 Å². The van der Waals surface area contributed by atoms with Crippen LogP contribution in [0.2, 0.25) is 0 Å². The van der Waals surface area contributed by atoms with E-state index in [1.807, 2.05) is 24.3 Å². The monoisotopic (exact) mass is 435 g/mol. The number of hydrogen-bond acceptors (Lipinski definition) is 1. The van der Waals surface area contributed by atoms with E-state index < -0.39 is 6.85 Å². The number of nitrogens with zero attached hydrogens (tertiary/aromatic N) is 2. The standard InChI is InChI=1S/C31H32N2/c1-19-17-18-23-26-24(19)21-15-11-12-16-22(21)28-32-25(20-13-9-8-10-14-20)27(33(26)28)30(4,5)31(6,7)29(23,2)3/h8-18H,1-7H3/i1D3. The molecule has 0 fully saturated rings. The highest BCUT2D eigenvalue weighted by atomic mass is 15.1. The molecule has 3 aromatic carbocycles. The molecule has 0 radical (unpaired) electrons. The van der Waals surface area contributed by atoms with Gasteiger partial charge in [-0.2, -0.15) is 0 Å². The number of benzene rings is 3. The first-order valence-electron chi connectivity index (χ1n) is 13.3. The van der Waals surface area contributed by atoms with Crippen molar-refractivity contribution >= 4 is 27.3 Å². The zero-order chi connectivity index (χ0) is 25.8. The Hall–Kier alpha value is -3.13. The molecule has 2 heteroatoms. The van der Waals surface area contributed by atoms with E-state index in [0.29, 0.717) is 5.56 Å². The maximum atomic E-state index is 8.44. The van der Waals surface area contributed by atoms with Gasteiger partial charge in [-0.1, -0.05) is 108 Å². The van der Waals surface area contributed by atoms with Gasteiger partial charge in [0, 0.05) is 25.9 Å². The molecule has 2 nitrogen and oxygen atoms in total. The second kappa shape index (κ2) is 6.26. The van der Waals surface area contributed by atoms with Gasteiger partial charge in [0.2, 0.25) is 0 Å². The Balaban J connectivity index is 2.01. The van der Waals surface area contributed by atoms with Crippen molar-refractivity contribution in [3.05, 3.63) is 83.6 Å². The molecule has 0 spiro atoms. The van der Waals surface area contributed by atoms with Crippen molar-refractivity contribution < 1.29 is 4.11 Å². The zero-order valence-corrected chi connectivity index (χ0v) is 20.2. The Bertz CT molecular complexity index is 1690. The molecule has 33 heavy (non-hydrogen) atoms. The average Bonchev–Trinajstić information content (AvgIpc) is 3.23. The van der Waals surface area contributed by atoms with Gasteiger partial charge in [-0.3, -0.25) is 4.40 Å². The number of rotatable bonds is 1. The van der Waals surface area contributed by atoms with Crippen molar-refractivity contribution in [1.82, 2.24) is 9.38 Å². The predicted molar refractivity (Wildman–Crippen MR) is 140 cm³/mol. The molecule has 166 valence electrons. The Labute approximate surface area is 200 Å². The summed E-state index contributed by atoms with van der Waals surface area (Å²) in [6.07, 6.45) is 0. The summed E-state index contributed by atoms with van der Waals surface area (Å²) in [7, 11) is 0. The minimum absolute atomic E-state index is 0.195. The lowest BCUT2D eigenvalue weighted by Crippen LogP contribution is -2.49. The van der Waals surface area contributed by atoms with Gasteiger partial charge in [0.1, 0.15) is 5.65 Å². The maximum Gasteiger partial charge on any atom is 0.146 e. The predicted octanol–water partition coefficient (Wildman–Crippen LogP) is 8.21. The minimum Gasteiger partial charge on any atom is -0.295 e. The van der Waals surface area contributed by atoms with Crippen LogP contribution >= 0.6 is 0 Å². The van der Waals surface area contributed by atoms with Crippen molar-refractivity contribution in [3.63, 3.8) is 0 Å². The summed E-state index contributed by atoms with van der Waals surface area (Å²) < 4.78 is 27.6.